The molecule has 11 heteroatoms. The molecule has 1 aromatic carbocycles. The summed E-state index contributed by atoms with van der Waals surface area (Å²) in [4.78, 5) is 21.5. The number of nitrogens with one attached hydrogen (secondary N) is 1. The minimum absolute atomic E-state index is 0.0343. The Morgan fingerprint density at radius 3 is 2.38 bits per heavy atom. The van der Waals surface area contributed by atoms with Crippen LogP contribution in [-0.4, -0.2) is 24.8 Å². The van der Waals surface area contributed by atoms with E-state index in [0.717, 1.165) is 11.3 Å². The van der Waals surface area contributed by atoms with Crippen molar-refractivity contribution in [2.75, 3.05) is 5.32 Å². The van der Waals surface area contributed by atoms with Crippen LogP contribution in [0.4, 0.5) is 10.8 Å². The summed E-state index contributed by atoms with van der Waals surface area (Å²) in [6, 6.07) is 5.74. The summed E-state index contributed by atoms with van der Waals surface area (Å²) < 4.78 is -2.10. The van der Waals surface area contributed by atoms with Gasteiger partial charge in [0.25, 0.3) is 15.4 Å². The first-order valence-electron chi connectivity index (χ1n) is 5.24. The van der Waals surface area contributed by atoms with Crippen LogP contribution < -0.4 is 5.32 Å². The van der Waals surface area contributed by atoms with Crippen molar-refractivity contribution in [1.82, 2.24) is 10.2 Å². The Kier molecular flexibility index (Phi) is 4.62. The molecular formula is C10H5Cl3N4O3S. The van der Waals surface area contributed by atoms with Crippen LogP contribution in [0.2, 0.25) is 0 Å². The third kappa shape index (κ3) is 4.01. The molecule has 0 radical (unpaired) electrons. The largest absolute Gasteiger partial charge is 0.297 e. The summed E-state index contributed by atoms with van der Waals surface area (Å²) in [7, 11) is 0. The highest BCUT2D eigenvalue weighted by molar-refractivity contribution is 7.18. The van der Waals surface area contributed by atoms with Gasteiger partial charge in [0, 0.05) is 17.7 Å². The normalized spacial score (nSPS) is 11.2. The highest BCUT2D eigenvalue weighted by Gasteiger charge is 2.31. The molecule has 0 unspecified atom stereocenters. The molecule has 0 aliphatic rings. The Bertz CT molecular complexity index is 684. The number of hydrogen-bond acceptors (Lipinski definition) is 6. The van der Waals surface area contributed by atoms with Gasteiger partial charge in [-0.15, -0.1) is 10.2 Å². The first-order valence-corrected chi connectivity index (χ1v) is 7.19. The molecule has 21 heavy (non-hydrogen) atoms. The Balaban J connectivity index is 2.16. The van der Waals surface area contributed by atoms with E-state index in [2.05, 4.69) is 15.5 Å². The number of alkyl halides is 3. The predicted molar refractivity (Wildman–Crippen MR) is 80.9 cm³/mol. The number of nitro groups is 1. The fourth-order valence-electron chi connectivity index (χ4n) is 1.28. The van der Waals surface area contributed by atoms with Crippen molar-refractivity contribution in [3.05, 3.63) is 34.4 Å². The monoisotopic (exact) mass is 366 g/mol. The van der Waals surface area contributed by atoms with Gasteiger partial charge in [-0.25, -0.2) is 0 Å². The molecule has 110 valence electrons. The molecule has 2 aromatic rings. The van der Waals surface area contributed by atoms with E-state index < -0.39 is 14.6 Å². The number of aromatic nitrogens is 2. The fraction of sp³-hybridized carbons (Fsp3) is 0.100. The van der Waals surface area contributed by atoms with Crippen LogP contribution in [-0.2, 0) is 4.79 Å². The van der Waals surface area contributed by atoms with Crippen molar-refractivity contribution in [1.29, 1.82) is 0 Å². The second-order valence-electron chi connectivity index (χ2n) is 3.67. The van der Waals surface area contributed by atoms with Crippen molar-refractivity contribution < 1.29 is 9.72 Å². The van der Waals surface area contributed by atoms with Gasteiger partial charge in [0.2, 0.25) is 5.13 Å². The van der Waals surface area contributed by atoms with Crippen LogP contribution in [0, 0.1) is 10.1 Å². The van der Waals surface area contributed by atoms with Crippen LogP contribution >= 0.6 is 46.1 Å². The van der Waals surface area contributed by atoms with E-state index in [0.29, 0.717) is 10.6 Å². The molecule has 0 spiro atoms. The van der Waals surface area contributed by atoms with Crippen molar-refractivity contribution >= 4 is 62.9 Å². The zero-order valence-corrected chi connectivity index (χ0v) is 13.0. The second kappa shape index (κ2) is 6.10. The maximum atomic E-state index is 11.5. The van der Waals surface area contributed by atoms with Crippen molar-refractivity contribution in [3.63, 3.8) is 0 Å². The van der Waals surface area contributed by atoms with Crippen molar-refractivity contribution in [3.8, 4) is 10.6 Å². The van der Waals surface area contributed by atoms with Crippen LogP contribution in [0.25, 0.3) is 10.6 Å². The van der Waals surface area contributed by atoms with Crippen LogP contribution in [0.5, 0.6) is 0 Å². The van der Waals surface area contributed by atoms with E-state index in [1.807, 2.05) is 0 Å². The van der Waals surface area contributed by atoms with Gasteiger partial charge in [-0.05, 0) is 12.1 Å². The molecule has 2 rings (SSSR count). The lowest BCUT2D eigenvalue weighted by molar-refractivity contribution is -0.384. The smallest absolute Gasteiger partial charge is 0.278 e. The Morgan fingerprint density at radius 2 is 1.86 bits per heavy atom. The third-order valence-electron chi connectivity index (χ3n) is 2.23. The number of rotatable bonds is 3. The average molecular weight is 368 g/mol. The molecular weight excluding hydrogens is 363 g/mol. The van der Waals surface area contributed by atoms with Crippen molar-refractivity contribution in [2.24, 2.45) is 0 Å². The predicted octanol–water partition coefficient (Wildman–Crippen LogP) is 3.42. The van der Waals surface area contributed by atoms with Crippen molar-refractivity contribution in [2.45, 2.75) is 3.79 Å². The number of nitro benzene ring substituents is 1. The summed E-state index contributed by atoms with van der Waals surface area (Å²) in [6.45, 7) is 0. The zero-order chi connectivity index (χ0) is 15.6. The van der Waals surface area contributed by atoms with E-state index in [1.165, 1.54) is 24.3 Å². The van der Waals surface area contributed by atoms with Gasteiger partial charge in [-0.3, -0.25) is 20.2 Å². The van der Waals surface area contributed by atoms with E-state index in [9.17, 15) is 14.9 Å². The number of hydrogen-bond donors (Lipinski definition) is 1. The standard InChI is InChI=1S/C10H5Cl3N4O3S/c11-10(12,13)8(18)14-9-16-15-7(21-9)5-1-3-6(4-2-5)17(19)20/h1-4H,(H,14,16,18). The lowest BCUT2D eigenvalue weighted by Crippen LogP contribution is -2.26. The molecule has 0 aliphatic carbocycles. The average Bonchev–Trinajstić information content (AvgIpc) is 2.86. The minimum atomic E-state index is -2.10. The molecule has 0 bridgehead atoms. The van der Waals surface area contributed by atoms with Crippen LogP contribution in [0.15, 0.2) is 24.3 Å². The fourth-order valence-corrected chi connectivity index (χ4v) is 2.17. The topological polar surface area (TPSA) is 98.0 Å². The van der Waals surface area contributed by atoms with Crippen LogP contribution in [0.3, 0.4) is 0 Å². The zero-order valence-electron chi connectivity index (χ0n) is 9.92. The highest BCUT2D eigenvalue weighted by atomic mass is 35.6. The summed E-state index contributed by atoms with van der Waals surface area (Å²) >= 11 is 17.3. The number of nitrogens with zero attached hydrogens (tertiary/aromatic N) is 3. The van der Waals surface area contributed by atoms with E-state index >= 15 is 0 Å². The maximum absolute atomic E-state index is 11.5. The molecule has 1 amide bonds. The molecule has 1 aromatic heterocycles. The van der Waals surface area contributed by atoms with Crippen LogP contribution in [0.1, 0.15) is 0 Å². The van der Waals surface area contributed by atoms with Gasteiger partial charge >= 0.3 is 0 Å². The minimum Gasteiger partial charge on any atom is -0.297 e. The van der Waals surface area contributed by atoms with E-state index in [4.69, 9.17) is 34.8 Å². The molecule has 1 heterocycles. The molecule has 0 fully saturated rings. The molecule has 0 saturated carbocycles. The van der Waals surface area contributed by atoms with Gasteiger partial charge in [0.15, 0.2) is 0 Å². The molecule has 0 aliphatic heterocycles. The first-order chi connectivity index (χ1) is 9.77. The SMILES string of the molecule is O=C(Nc1nnc(-c2ccc([N+](=O)[O-])cc2)s1)C(Cl)(Cl)Cl. The summed E-state index contributed by atoms with van der Waals surface area (Å²) in [5.41, 5.74) is 0.584. The first kappa shape index (κ1) is 15.9. The quantitative estimate of drug-likeness (QED) is 0.509. The number of amides is 1. The summed E-state index contributed by atoms with van der Waals surface area (Å²) in [5, 5.41) is 21.1. The highest BCUT2D eigenvalue weighted by Crippen LogP contribution is 2.31. The Morgan fingerprint density at radius 1 is 1.24 bits per heavy atom. The number of carbonyl (C=O) groups excluding carboxylic acids is 1. The number of non-ortho nitro benzene ring substituents is 1. The number of halogens is 3. The Labute approximate surface area is 137 Å². The van der Waals surface area contributed by atoms with Gasteiger partial charge in [0.05, 0.1) is 4.92 Å². The number of carbonyl (C=O) groups is 1. The van der Waals surface area contributed by atoms with Gasteiger partial charge in [0.1, 0.15) is 5.01 Å². The van der Waals surface area contributed by atoms with E-state index in [-0.39, 0.29) is 10.8 Å². The third-order valence-corrected chi connectivity index (χ3v) is 3.63. The second-order valence-corrected chi connectivity index (χ2v) is 6.93. The van der Waals surface area contributed by atoms with Gasteiger partial charge < -0.3 is 0 Å². The number of anilines is 1. The van der Waals surface area contributed by atoms with Gasteiger partial charge in [-0.1, -0.05) is 46.1 Å². The molecule has 0 atom stereocenters. The lowest BCUT2D eigenvalue weighted by atomic mass is 10.2. The van der Waals surface area contributed by atoms with Gasteiger partial charge in [-0.2, -0.15) is 0 Å². The molecule has 7 nitrogen and oxygen atoms in total. The molecule has 0 saturated heterocycles. The summed E-state index contributed by atoms with van der Waals surface area (Å²) in [5.74, 6) is -0.848. The molecule has 1 N–H and O–H groups in total. The maximum Gasteiger partial charge on any atom is 0.278 e. The summed E-state index contributed by atoms with van der Waals surface area (Å²) in [6.07, 6.45) is 0. The van der Waals surface area contributed by atoms with E-state index in [1.54, 1.807) is 0 Å². The lowest BCUT2D eigenvalue weighted by Gasteiger charge is -2.07. The Hall–Kier alpha value is -1.48. The number of benzene rings is 1.